The standard InChI is InChI=1S/C13H29N3O/c1-7-13(14,8-2)9-15-12(17)11(10(3)4)16(5)6/h10-11H,7-9,14H2,1-6H3,(H,15,17). The first-order valence-corrected chi connectivity index (χ1v) is 6.50. The highest BCUT2D eigenvalue weighted by molar-refractivity contribution is 5.82. The third-order valence-electron chi connectivity index (χ3n) is 3.48. The van der Waals surface area contributed by atoms with Crippen LogP contribution >= 0.6 is 0 Å². The first-order chi connectivity index (χ1) is 7.77. The first-order valence-electron chi connectivity index (χ1n) is 6.50. The maximum absolute atomic E-state index is 12.1. The Bertz CT molecular complexity index is 227. The van der Waals surface area contributed by atoms with Gasteiger partial charge in [0.1, 0.15) is 0 Å². The molecule has 0 aliphatic carbocycles. The molecular formula is C13H29N3O. The zero-order chi connectivity index (χ0) is 13.6. The number of nitrogens with zero attached hydrogens (tertiary/aromatic N) is 1. The number of likely N-dealkylation sites (N-methyl/N-ethyl adjacent to an activating group) is 1. The van der Waals surface area contributed by atoms with E-state index in [1.807, 2.05) is 19.0 Å². The summed E-state index contributed by atoms with van der Waals surface area (Å²) in [6.45, 7) is 8.78. The molecule has 0 heterocycles. The molecule has 0 rings (SSSR count). The van der Waals surface area contributed by atoms with Crippen LogP contribution in [0.15, 0.2) is 0 Å². The van der Waals surface area contributed by atoms with Crippen molar-refractivity contribution >= 4 is 5.91 Å². The Morgan fingerprint density at radius 2 is 1.76 bits per heavy atom. The van der Waals surface area contributed by atoms with Gasteiger partial charge in [-0.15, -0.1) is 0 Å². The van der Waals surface area contributed by atoms with Crippen LogP contribution in [0.5, 0.6) is 0 Å². The van der Waals surface area contributed by atoms with Crippen LogP contribution in [0.2, 0.25) is 0 Å². The van der Waals surface area contributed by atoms with Crippen LogP contribution in [-0.2, 0) is 4.79 Å². The quantitative estimate of drug-likeness (QED) is 0.706. The topological polar surface area (TPSA) is 58.4 Å². The third-order valence-corrected chi connectivity index (χ3v) is 3.48. The average Bonchev–Trinajstić information content (AvgIpc) is 2.25. The third kappa shape index (κ3) is 5.04. The van der Waals surface area contributed by atoms with E-state index in [-0.39, 0.29) is 17.5 Å². The summed E-state index contributed by atoms with van der Waals surface area (Å²) in [5.41, 5.74) is 5.89. The smallest absolute Gasteiger partial charge is 0.237 e. The Balaban J connectivity index is 4.43. The fourth-order valence-corrected chi connectivity index (χ4v) is 2.00. The molecule has 0 saturated carbocycles. The zero-order valence-electron chi connectivity index (χ0n) is 12.2. The SMILES string of the molecule is CCC(N)(CC)CNC(=O)C(C(C)C)N(C)C. The minimum Gasteiger partial charge on any atom is -0.353 e. The zero-order valence-corrected chi connectivity index (χ0v) is 12.2. The van der Waals surface area contributed by atoms with Gasteiger partial charge in [0, 0.05) is 12.1 Å². The van der Waals surface area contributed by atoms with Crippen LogP contribution in [-0.4, -0.2) is 43.0 Å². The molecule has 1 atom stereocenters. The number of hydrogen-bond acceptors (Lipinski definition) is 3. The van der Waals surface area contributed by atoms with Crippen molar-refractivity contribution in [2.75, 3.05) is 20.6 Å². The number of rotatable bonds is 7. The summed E-state index contributed by atoms with van der Waals surface area (Å²) in [4.78, 5) is 14.1. The Hall–Kier alpha value is -0.610. The van der Waals surface area contributed by atoms with Crippen LogP contribution in [0.25, 0.3) is 0 Å². The van der Waals surface area contributed by atoms with Crippen LogP contribution in [0.1, 0.15) is 40.5 Å². The predicted molar refractivity (Wildman–Crippen MR) is 72.8 cm³/mol. The molecule has 102 valence electrons. The Kier molecular flexibility index (Phi) is 6.72. The lowest BCUT2D eigenvalue weighted by Gasteiger charge is -2.31. The molecule has 0 spiro atoms. The van der Waals surface area contributed by atoms with E-state index in [9.17, 15) is 4.79 Å². The fourth-order valence-electron chi connectivity index (χ4n) is 2.00. The molecule has 0 aliphatic heterocycles. The molecule has 0 fully saturated rings. The van der Waals surface area contributed by atoms with Gasteiger partial charge in [-0.1, -0.05) is 27.7 Å². The van der Waals surface area contributed by atoms with Crippen molar-refractivity contribution in [1.82, 2.24) is 10.2 Å². The summed E-state index contributed by atoms with van der Waals surface area (Å²) >= 11 is 0. The van der Waals surface area contributed by atoms with E-state index in [1.165, 1.54) is 0 Å². The lowest BCUT2D eigenvalue weighted by Crippen LogP contribution is -2.54. The number of nitrogens with one attached hydrogen (secondary N) is 1. The molecule has 0 aromatic carbocycles. The lowest BCUT2D eigenvalue weighted by atomic mass is 9.93. The van der Waals surface area contributed by atoms with Gasteiger partial charge >= 0.3 is 0 Å². The minimum atomic E-state index is -0.274. The van der Waals surface area contributed by atoms with Crippen molar-refractivity contribution in [1.29, 1.82) is 0 Å². The largest absolute Gasteiger partial charge is 0.353 e. The van der Waals surface area contributed by atoms with Crippen molar-refractivity contribution in [3.05, 3.63) is 0 Å². The molecule has 0 saturated heterocycles. The van der Waals surface area contributed by atoms with E-state index in [0.29, 0.717) is 12.5 Å². The highest BCUT2D eigenvalue weighted by Gasteiger charge is 2.27. The van der Waals surface area contributed by atoms with Crippen LogP contribution in [0.3, 0.4) is 0 Å². The first kappa shape index (κ1) is 16.4. The number of carbonyl (C=O) groups excluding carboxylic acids is 1. The van der Waals surface area contributed by atoms with Crippen LogP contribution in [0.4, 0.5) is 0 Å². The Morgan fingerprint density at radius 1 is 1.29 bits per heavy atom. The maximum Gasteiger partial charge on any atom is 0.237 e. The van der Waals surface area contributed by atoms with Crippen molar-refractivity contribution in [3.63, 3.8) is 0 Å². The molecule has 0 aromatic heterocycles. The summed E-state index contributed by atoms with van der Waals surface area (Å²) in [7, 11) is 3.86. The number of carbonyl (C=O) groups is 1. The second-order valence-electron chi connectivity index (χ2n) is 5.44. The molecule has 1 amide bonds. The highest BCUT2D eigenvalue weighted by atomic mass is 16.2. The normalized spacial score (nSPS) is 14.2. The number of amides is 1. The maximum atomic E-state index is 12.1. The van der Waals surface area contributed by atoms with Gasteiger partial charge in [-0.05, 0) is 32.9 Å². The summed E-state index contributed by atoms with van der Waals surface area (Å²) in [6.07, 6.45) is 1.75. The molecule has 1 unspecified atom stereocenters. The predicted octanol–water partition coefficient (Wildman–Crippen LogP) is 1.21. The Labute approximate surface area is 106 Å². The molecule has 17 heavy (non-hydrogen) atoms. The van der Waals surface area contributed by atoms with Crippen LogP contribution < -0.4 is 11.1 Å². The number of nitrogens with two attached hydrogens (primary N) is 1. The molecule has 0 radical (unpaired) electrons. The van der Waals surface area contributed by atoms with Gasteiger partial charge in [-0.2, -0.15) is 0 Å². The van der Waals surface area contributed by atoms with E-state index in [1.54, 1.807) is 0 Å². The molecule has 0 aliphatic rings. The van der Waals surface area contributed by atoms with E-state index < -0.39 is 0 Å². The van der Waals surface area contributed by atoms with Gasteiger partial charge < -0.3 is 11.1 Å². The molecule has 3 N–H and O–H groups in total. The van der Waals surface area contributed by atoms with Gasteiger partial charge in [0.15, 0.2) is 0 Å². The van der Waals surface area contributed by atoms with E-state index in [4.69, 9.17) is 5.73 Å². The average molecular weight is 243 g/mol. The lowest BCUT2D eigenvalue weighted by molar-refractivity contribution is -0.127. The summed E-state index contributed by atoms with van der Waals surface area (Å²) in [6, 6.07) is -0.0898. The monoisotopic (exact) mass is 243 g/mol. The van der Waals surface area contributed by atoms with E-state index in [0.717, 1.165) is 12.8 Å². The molecular weight excluding hydrogens is 214 g/mol. The second kappa shape index (κ2) is 6.97. The van der Waals surface area contributed by atoms with Gasteiger partial charge in [-0.25, -0.2) is 0 Å². The van der Waals surface area contributed by atoms with Gasteiger partial charge in [0.2, 0.25) is 5.91 Å². The van der Waals surface area contributed by atoms with Gasteiger partial charge in [-0.3, -0.25) is 9.69 Å². The van der Waals surface area contributed by atoms with E-state index >= 15 is 0 Å². The summed E-state index contributed by atoms with van der Waals surface area (Å²) in [5, 5.41) is 2.98. The second-order valence-corrected chi connectivity index (χ2v) is 5.44. The van der Waals surface area contributed by atoms with Crippen LogP contribution in [0, 0.1) is 5.92 Å². The van der Waals surface area contributed by atoms with Crippen molar-refractivity contribution < 1.29 is 4.79 Å². The van der Waals surface area contributed by atoms with Gasteiger partial charge in [0.25, 0.3) is 0 Å². The Morgan fingerprint density at radius 3 is 2.06 bits per heavy atom. The highest BCUT2D eigenvalue weighted by Crippen LogP contribution is 2.11. The molecule has 4 nitrogen and oxygen atoms in total. The fraction of sp³-hybridized carbons (Fsp3) is 0.923. The number of hydrogen-bond donors (Lipinski definition) is 2. The van der Waals surface area contributed by atoms with Crippen molar-refractivity contribution in [2.45, 2.75) is 52.1 Å². The van der Waals surface area contributed by atoms with Crippen molar-refractivity contribution in [2.24, 2.45) is 11.7 Å². The minimum absolute atomic E-state index is 0.0710. The molecule has 4 heteroatoms. The molecule has 0 aromatic rings. The van der Waals surface area contributed by atoms with Gasteiger partial charge in [0.05, 0.1) is 6.04 Å². The molecule has 0 bridgehead atoms. The summed E-state index contributed by atoms with van der Waals surface area (Å²) in [5.74, 6) is 0.363. The van der Waals surface area contributed by atoms with Crippen molar-refractivity contribution in [3.8, 4) is 0 Å². The van der Waals surface area contributed by atoms with E-state index in [2.05, 4.69) is 33.0 Å². The summed E-state index contributed by atoms with van der Waals surface area (Å²) < 4.78 is 0.